The molecule has 0 aliphatic rings. The molecular weight excluding hydrogens is 332 g/mol. The molecule has 26 heavy (non-hydrogen) atoms. The lowest BCUT2D eigenvalue weighted by molar-refractivity contribution is -0.149. The smallest absolute Gasteiger partial charge is 0.326 e. The van der Waals surface area contributed by atoms with E-state index in [9.17, 15) is 14.7 Å². The van der Waals surface area contributed by atoms with E-state index in [1.165, 1.54) is 11.9 Å². The van der Waals surface area contributed by atoms with Crippen molar-refractivity contribution in [2.75, 3.05) is 7.05 Å². The van der Waals surface area contributed by atoms with Crippen molar-refractivity contribution in [1.82, 2.24) is 9.88 Å². The van der Waals surface area contributed by atoms with Crippen molar-refractivity contribution in [3.05, 3.63) is 66.1 Å². The minimum Gasteiger partial charge on any atom is -0.480 e. The molecule has 1 heterocycles. The predicted molar refractivity (Wildman–Crippen MR) is 96.7 cm³/mol. The molecule has 3 aromatic rings. The number of aromatic nitrogens is 1. The van der Waals surface area contributed by atoms with Gasteiger partial charge in [0.2, 0.25) is 5.91 Å². The zero-order valence-electron chi connectivity index (χ0n) is 14.5. The van der Waals surface area contributed by atoms with Crippen molar-refractivity contribution >= 4 is 23.0 Å². The van der Waals surface area contributed by atoms with Gasteiger partial charge in [-0.1, -0.05) is 42.5 Å². The Labute approximate surface area is 151 Å². The van der Waals surface area contributed by atoms with Gasteiger partial charge in [-0.2, -0.15) is 0 Å². The van der Waals surface area contributed by atoms with Crippen molar-refractivity contribution in [2.45, 2.75) is 25.3 Å². The number of aryl methyl sites for hydroxylation is 1. The molecule has 3 rings (SSSR count). The molecule has 1 N–H and O–H groups in total. The molecule has 1 unspecified atom stereocenters. The molecule has 1 amide bonds. The van der Waals surface area contributed by atoms with Crippen LogP contribution < -0.4 is 0 Å². The average molecular weight is 352 g/mol. The van der Waals surface area contributed by atoms with Crippen molar-refractivity contribution < 1.29 is 19.1 Å². The van der Waals surface area contributed by atoms with E-state index in [0.717, 1.165) is 11.1 Å². The number of carbonyl (C=O) groups is 2. The topological polar surface area (TPSA) is 83.6 Å². The molecule has 6 heteroatoms. The minimum absolute atomic E-state index is 0.141. The molecule has 134 valence electrons. The fourth-order valence-corrected chi connectivity index (χ4v) is 2.82. The van der Waals surface area contributed by atoms with Gasteiger partial charge in [-0.3, -0.25) is 4.79 Å². The molecule has 1 atom stereocenters. The first-order valence-electron chi connectivity index (χ1n) is 8.41. The van der Waals surface area contributed by atoms with E-state index in [1.54, 1.807) is 0 Å². The van der Waals surface area contributed by atoms with Crippen molar-refractivity contribution in [1.29, 1.82) is 0 Å². The van der Waals surface area contributed by atoms with E-state index in [-0.39, 0.29) is 18.7 Å². The first-order valence-corrected chi connectivity index (χ1v) is 8.41. The molecule has 0 saturated heterocycles. The van der Waals surface area contributed by atoms with E-state index in [4.69, 9.17) is 4.42 Å². The number of carbonyl (C=O) groups excluding carboxylic acids is 1. The molecule has 0 fully saturated rings. The molecule has 0 saturated carbocycles. The Bertz CT molecular complexity index is 871. The second kappa shape index (κ2) is 7.82. The average Bonchev–Trinajstić information content (AvgIpc) is 3.07. The fraction of sp³-hybridized carbons (Fsp3) is 0.250. The van der Waals surface area contributed by atoms with Gasteiger partial charge in [0, 0.05) is 26.3 Å². The Balaban J connectivity index is 1.63. The highest BCUT2D eigenvalue weighted by Gasteiger charge is 2.26. The lowest BCUT2D eigenvalue weighted by Gasteiger charge is -2.25. The van der Waals surface area contributed by atoms with Crippen LogP contribution in [0.5, 0.6) is 0 Å². The fourth-order valence-electron chi connectivity index (χ4n) is 2.82. The second-order valence-electron chi connectivity index (χ2n) is 6.12. The molecule has 1 aromatic heterocycles. The molecule has 0 spiro atoms. The summed E-state index contributed by atoms with van der Waals surface area (Å²) in [5, 5.41) is 9.51. The summed E-state index contributed by atoms with van der Waals surface area (Å²) in [4.78, 5) is 29.7. The number of carboxylic acid groups (broad SMARTS) is 1. The summed E-state index contributed by atoms with van der Waals surface area (Å²) in [6, 6.07) is 15.8. The number of carboxylic acids is 1. The quantitative estimate of drug-likeness (QED) is 0.707. The van der Waals surface area contributed by atoms with Gasteiger partial charge in [-0.05, 0) is 17.7 Å². The predicted octanol–water partition coefficient (Wildman–Crippen LogP) is 2.91. The summed E-state index contributed by atoms with van der Waals surface area (Å²) in [6.07, 6.45) is 0.735. The summed E-state index contributed by atoms with van der Waals surface area (Å²) in [5.41, 5.74) is 2.30. The Morgan fingerprint density at radius 1 is 1.12 bits per heavy atom. The van der Waals surface area contributed by atoms with Crippen LogP contribution >= 0.6 is 0 Å². The number of fused-ring (bicyclic) bond motifs is 1. The van der Waals surface area contributed by atoms with E-state index >= 15 is 0 Å². The lowest BCUT2D eigenvalue weighted by Crippen LogP contribution is -2.43. The van der Waals surface area contributed by atoms with Crippen LogP contribution in [0.4, 0.5) is 0 Å². The van der Waals surface area contributed by atoms with E-state index in [0.29, 0.717) is 17.9 Å². The third kappa shape index (κ3) is 4.08. The van der Waals surface area contributed by atoms with Gasteiger partial charge in [0.05, 0.1) is 0 Å². The van der Waals surface area contributed by atoms with Crippen LogP contribution in [0.25, 0.3) is 11.1 Å². The molecule has 0 aliphatic heterocycles. The maximum absolute atomic E-state index is 12.5. The second-order valence-corrected chi connectivity index (χ2v) is 6.12. The molecule has 0 aliphatic carbocycles. The highest BCUT2D eigenvalue weighted by Crippen LogP contribution is 2.16. The number of likely N-dealkylation sites (N-methyl/N-ethyl adjacent to an activating group) is 1. The van der Waals surface area contributed by atoms with Crippen molar-refractivity contribution in [3.8, 4) is 0 Å². The number of rotatable bonds is 7. The van der Waals surface area contributed by atoms with Gasteiger partial charge in [0.25, 0.3) is 0 Å². The van der Waals surface area contributed by atoms with Crippen LogP contribution in [-0.2, 0) is 22.4 Å². The monoisotopic (exact) mass is 352 g/mol. The highest BCUT2D eigenvalue weighted by atomic mass is 16.4. The number of nitrogens with zero attached hydrogens (tertiary/aromatic N) is 2. The maximum Gasteiger partial charge on any atom is 0.326 e. The zero-order valence-corrected chi connectivity index (χ0v) is 14.5. The van der Waals surface area contributed by atoms with E-state index < -0.39 is 12.0 Å². The first-order chi connectivity index (χ1) is 12.5. The third-order valence-electron chi connectivity index (χ3n) is 4.31. The number of oxazole rings is 1. The number of benzene rings is 2. The lowest BCUT2D eigenvalue weighted by atomic mass is 10.0. The molecule has 2 aromatic carbocycles. The summed E-state index contributed by atoms with van der Waals surface area (Å²) in [7, 11) is 1.52. The van der Waals surface area contributed by atoms with E-state index in [1.807, 2.05) is 54.6 Å². The van der Waals surface area contributed by atoms with Gasteiger partial charge >= 0.3 is 5.97 Å². The van der Waals surface area contributed by atoms with Crippen molar-refractivity contribution in [3.63, 3.8) is 0 Å². The van der Waals surface area contributed by atoms with Crippen LogP contribution in [0.1, 0.15) is 17.9 Å². The molecule has 6 nitrogen and oxygen atoms in total. The normalized spacial score (nSPS) is 12.0. The number of amides is 1. The largest absolute Gasteiger partial charge is 0.480 e. The third-order valence-corrected chi connectivity index (χ3v) is 4.31. The Morgan fingerprint density at radius 2 is 1.81 bits per heavy atom. The van der Waals surface area contributed by atoms with Crippen LogP contribution in [-0.4, -0.2) is 40.0 Å². The van der Waals surface area contributed by atoms with Gasteiger partial charge in [0.1, 0.15) is 11.6 Å². The van der Waals surface area contributed by atoms with E-state index in [2.05, 4.69) is 4.98 Å². The Morgan fingerprint density at radius 3 is 2.50 bits per heavy atom. The van der Waals surface area contributed by atoms with Crippen LogP contribution in [0.15, 0.2) is 59.0 Å². The van der Waals surface area contributed by atoms with Gasteiger partial charge in [0.15, 0.2) is 11.5 Å². The van der Waals surface area contributed by atoms with Crippen LogP contribution in [0.3, 0.4) is 0 Å². The zero-order chi connectivity index (χ0) is 18.5. The number of hydrogen-bond donors (Lipinski definition) is 1. The highest BCUT2D eigenvalue weighted by molar-refractivity contribution is 5.83. The summed E-state index contributed by atoms with van der Waals surface area (Å²) in [6.45, 7) is 0. The van der Waals surface area contributed by atoms with Gasteiger partial charge in [-0.25, -0.2) is 9.78 Å². The Hall–Kier alpha value is -3.15. The SMILES string of the molecule is CN(C(=O)CCc1nc2ccccc2o1)C(Cc1ccccc1)C(=O)O. The maximum atomic E-state index is 12.5. The van der Waals surface area contributed by atoms with Gasteiger partial charge in [-0.15, -0.1) is 0 Å². The molecule has 0 bridgehead atoms. The molecular formula is C20H20N2O4. The Kier molecular flexibility index (Phi) is 5.31. The number of hydrogen-bond acceptors (Lipinski definition) is 4. The molecule has 0 radical (unpaired) electrons. The number of aliphatic carboxylic acids is 1. The van der Waals surface area contributed by atoms with Crippen molar-refractivity contribution in [2.24, 2.45) is 0 Å². The summed E-state index contributed by atoms with van der Waals surface area (Å²) < 4.78 is 5.60. The van der Waals surface area contributed by atoms with Crippen LogP contribution in [0.2, 0.25) is 0 Å². The number of para-hydroxylation sites is 2. The minimum atomic E-state index is -1.02. The summed E-state index contributed by atoms with van der Waals surface area (Å²) in [5.74, 6) is -0.801. The standard InChI is InChI=1S/C20H20N2O4/c1-22(16(20(24)25)13-14-7-3-2-4-8-14)19(23)12-11-18-21-15-9-5-6-10-17(15)26-18/h2-10,16H,11-13H2,1H3,(H,24,25). The van der Waals surface area contributed by atoms with Crippen LogP contribution in [0, 0.1) is 0 Å². The summed E-state index contributed by atoms with van der Waals surface area (Å²) >= 11 is 0. The first kappa shape index (κ1) is 17.7. The van der Waals surface area contributed by atoms with Gasteiger partial charge < -0.3 is 14.4 Å².